The summed E-state index contributed by atoms with van der Waals surface area (Å²) < 4.78 is 10.9. The van der Waals surface area contributed by atoms with Crippen LogP contribution in [0.5, 0.6) is 11.5 Å². The first-order chi connectivity index (χ1) is 17.1. The number of hydrogen-bond acceptors (Lipinski definition) is 5. The smallest absolute Gasteiger partial charge is 0.255 e. The molecule has 1 heterocycles. The molecule has 2 N–H and O–H groups in total. The summed E-state index contributed by atoms with van der Waals surface area (Å²) in [6.07, 6.45) is 3.52. The molecule has 0 spiro atoms. The third kappa shape index (κ3) is 4.82. The number of fused-ring (bicyclic) bond motifs is 1. The minimum atomic E-state index is -0.258. The molecule has 1 aliphatic carbocycles. The van der Waals surface area contributed by atoms with E-state index < -0.39 is 0 Å². The quantitative estimate of drug-likeness (QED) is 0.391. The SMILES string of the molecule is COc1ccc(OC)c(CN(C(=O)c2cccc(NC(=O)c3ccc4nc[nH]c4c3)c2)C2CC2)c1. The topological polar surface area (TPSA) is 96.6 Å². The number of anilines is 1. The molecule has 178 valence electrons. The third-order valence-electron chi connectivity index (χ3n) is 6.13. The minimum Gasteiger partial charge on any atom is -0.497 e. The van der Waals surface area contributed by atoms with Gasteiger partial charge in [0, 0.05) is 28.4 Å². The predicted molar refractivity (Wildman–Crippen MR) is 133 cm³/mol. The molecule has 0 atom stereocenters. The number of H-pyrrole nitrogens is 1. The number of benzene rings is 3. The minimum absolute atomic E-state index is 0.0904. The van der Waals surface area contributed by atoms with Gasteiger partial charge >= 0.3 is 0 Å². The van der Waals surface area contributed by atoms with Gasteiger partial charge in [-0.1, -0.05) is 6.07 Å². The highest BCUT2D eigenvalue weighted by atomic mass is 16.5. The fourth-order valence-corrected chi connectivity index (χ4v) is 4.12. The molecule has 0 aliphatic heterocycles. The van der Waals surface area contributed by atoms with Crippen molar-refractivity contribution in [1.29, 1.82) is 0 Å². The number of aromatic nitrogens is 2. The second-order valence-electron chi connectivity index (χ2n) is 8.51. The molecule has 0 bridgehead atoms. The van der Waals surface area contributed by atoms with E-state index in [0.29, 0.717) is 34.9 Å². The summed E-state index contributed by atoms with van der Waals surface area (Å²) in [5.74, 6) is 1.07. The van der Waals surface area contributed by atoms with Crippen LogP contribution in [0.3, 0.4) is 0 Å². The number of aromatic amines is 1. The van der Waals surface area contributed by atoms with E-state index in [9.17, 15) is 9.59 Å². The molecule has 1 saturated carbocycles. The molecule has 5 rings (SSSR count). The highest BCUT2D eigenvalue weighted by Crippen LogP contribution is 2.33. The maximum absolute atomic E-state index is 13.5. The normalized spacial score (nSPS) is 12.9. The van der Waals surface area contributed by atoms with E-state index in [4.69, 9.17) is 9.47 Å². The zero-order valence-corrected chi connectivity index (χ0v) is 19.6. The van der Waals surface area contributed by atoms with Gasteiger partial charge in [0.2, 0.25) is 0 Å². The van der Waals surface area contributed by atoms with Gasteiger partial charge in [0.15, 0.2) is 0 Å². The van der Waals surface area contributed by atoms with Gasteiger partial charge in [0.25, 0.3) is 11.8 Å². The summed E-state index contributed by atoms with van der Waals surface area (Å²) in [7, 11) is 3.23. The first-order valence-corrected chi connectivity index (χ1v) is 11.4. The zero-order chi connectivity index (χ0) is 24.4. The molecule has 3 aromatic carbocycles. The first kappa shape index (κ1) is 22.5. The molecule has 2 amide bonds. The Morgan fingerprint density at radius 1 is 1.03 bits per heavy atom. The average molecular weight is 471 g/mol. The van der Waals surface area contributed by atoms with Crippen LogP contribution in [0.4, 0.5) is 5.69 Å². The zero-order valence-electron chi connectivity index (χ0n) is 19.6. The molecule has 1 aliphatic rings. The monoisotopic (exact) mass is 470 g/mol. The molecule has 8 nitrogen and oxygen atoms in total. The molecule has 0 radical (unpaired) electrons. The summed E-state index contributed by atoms with van der Waals surface area (Å²) >= 11 is 0. The number of amides is 2. The number of methoxy groups -OCH3 is 2. The molecule has 1 fully saturated rings. The Morgan fingerprint density at radius 2 is 1.89 bits per heavy atom. The summed E-state index contributed by atoms with van der Waals surface area (Å²) in [4.78, 5) is 35.4. The summed E-state index contributed by atoms with van der Waals surface area (Å²) in [6, 6.07) is 18.1. The largest absolute Gasteiger partial charge is 0.497 e. The number of nitrogens with one attached hydrogen (secondary N) is 2. The lowest BCUT2D eigenvalue weighted by Gasteiger charge is -2.24. The number of carbonyl (C=O) groups excluding carboxylic acids is 2. The van der Waals surface area contributed by atoms with E-state index in [1.165, 1.54) is 0 Å². The van der Waals surface area contributed by atoms with Crippen LogP contribution in [0.25, 0.3) is 11.0 Å². The number of imidazole rings is 1. The van der Waals surface area contributed by atoms with E-state index in [0.717, 1.165) is 29.4 Å². The molecule has 35 heavy (non-hydrogen) atoms. The number of rotatable bonds is 8. The second kappa shape index (κ2) is 9.50. The van der Waals surface area contributed by atoms with Crippen LogP contribution in [0, 0.1) is 0 Å². The Labute approximate surface area is 202 Å². The van der Waals surface area contributed by atoms with Crippen molar-refractivity contribution in [2.24, 2.45) is 0 Å². The van der Waals surface area contributed by atoms with Crippen LogP contribution >= 0.6 is 0 Å². The Kier molecular flexibility index (Phi) is 6.10. The average Bonchev–Trinajstić information content (AvgIpc) is 3.62. The first-order valence-electron chi connectivity index (χ1n) is 11.4. The van der Waals surface area contributed by atoms with Crippen LogP contribution in [-0.2, 0) is 6.54 Å². The molecule has 4 aromatic rings. The molecule has 1 aromatic heterocycles. The van der Waals surface area contributed by atoms with E-state index >= 15 is 0 Å². The fourth-order valence-electron chi connectivity index (χ4n) is 4.12. The summed E-state index contributed by atoms with van der Waals surface area (Å²) in [5.41, 5.74) is 4.03. The van der Waals surface area contributed by atoms with Gasteiger partial charge in [-0.2, -0.15) is 0 Å². The molecular formula is C27H26N4O4. The predicted octanol–water partition coefficient (Wildman–Crippen LogP) is 4.64. The van der Waals surface area contributed by atoms with E-state index in [-0.39, 0.29) is 17.9 Å². The maximum Gasteiger partial charge on any atom is 0.255 e. The second-order valence-corrected chi connectivity index (χ2v) is 8.51. The Hall–Kier alpha value is -4.33. The van der Waals surface area contributed by atoms with Crippen LogP contribution in [0.2, 0.25) is 0 Å². The van der Waals surface area contributed by atoms with E-state index in [2.05, 4.69) is 15.3 Å². The van der Waals surface area contributed by atoms with Crippen molar-refractivity contribution in [3.05, 3.63) is 83.7 Å². The van der Waals surface area contributed by atoms with Crippen LogP contribution in [0.15, 0.2) is 67.0 Å². The molecule has 8 heteroatoms. The Bertz CT molecular complexity index is 1390. The lowest BCUT2D eigenvalue weighted by Crippen LogP contribution is -2.32. The highest BCUT2D eigenvalue weighted by molar-refractivity contribution is 6.06. The molecule has 0 unspecified atom stereocenters. The van der Waals surface area contributed by atoms with Gasteiger partial charge in [-0.15, -0.1) is 0 Å². The van der Waals surface area contributed by atoms with Crippen LogP contribution in [0.1, 0.15) is 39.1 Å². The van der Waals surface area contributed by atoms with Crippen molar-refractivity contribution in [3.8, 4) is 11.5 Å². The highest BCUT2D eigenvalue weighted by Gasteiger charge is 2.33. The van der Waals surface area contributed by atoms with E-state index in [1.54, 1.807) is 63.0 Å². The lowest BCUT2D eigenvalue weighted by molar-refractivity contribution is 0.0728. The molecule has 0 saturated heterocycles. The molecular weight excluding hydrogens is 444 g/mol. The third-order valence-corrected chi connectivity index (χ3v) is 6.13. The van der Waals surface area contributed by atoms with Gasteiger partial charge in [-0.3, -0.25) is 9.59 Å². The van der Waals surface area contributed by atoms with Crippen molar-refractivity contribution < 1.29 is 19.1 Å². The van der Waals surface area contributed by atoms with Crippen molar-refractivity contribution in [3.63, 3.8) is 0 Å². The van der Waals surface area contributed by atoms with Crippen molar-refractivity contribution >= 4 is 28.5 Å². The Morgan fingerprint density at radius 3 is 2.66 bits per heavy atom. The van der Waals surface area contributed by atoms with Crippen molar-refractivity contribution in [2.75, 3.05) is 19.5 Å². The van der Waals surface area contributed by atoms with E-state index in [1.807, 2.05) is 23.1 Å². The van der Waals surface area contributed by atoms with Gasteiger partial charge in [-0.05, 0) is 67.4 Å². The van der Waals surface area contributed by atoms with Gasteiger partial charge in [0.05, 0.1) is 38.1 Å². The summed E-state index contributed by atoms with van der Waals surface area (Å²) in [5, 5.41) is 2.90. The standard InChI is InChI=1S/C27H26N4O4/c1-34-22-9-11-25(35-2)19(13-22)15-31(21-7-8-21)27(33)18-4-3-5-20(12-18)30-26(32)17-6-10-23-24(14-17)29-16-28-23/h3-6,9-14,16,21H,7-8,15H2,1-2H3,(H,28,29)(H,30,32). The van der Waals surface area contributed by atoms with Gasteiger partial charge < -0.3 is 24.7 Å². The van der Waals surface area contributed by atoms with Crippen LogP contribution < -0.4 is 14.8 Å². The number of nitrogens with zero attached hydrogens (tertiary/aromatic N) is 2. The van der Waals surface area contributed by atoms with Crippen molar-refractivity contribution in [1.82, 2.24) is 14.9 Å². The number of ether oxygens (including phenoxy) is 2. The maximum atomic E-state index is 13.5. The lowest BCUT2D eigenvalue weighted by atomic mass is 10.1. The fraction of sp³-hybridized carbons (Fsp3) is 0.222. The van der Waals surface area contributed by atoms with Crippen molar-refractivity contribution in [2.45, 2.75) is 25.4 Å². The van der Waals surface area contributed by atoms with Crippen LogP contribution in [-0.4, -0.2) is 46.9 Å². The Balaban J connectivity index is 1.35. The number of hydrogen-bond donors (Lipinski definition) is 2. The number of carbonyl (C=O) groups is 2. The summed E-state index contributed by atoms with van der Waals surface area (Å²) in [6.45, 7) is 0.407. The van der Waals surface area contributed by atoms with Gasteiger partial charge in [-0.25, -0.2) is 4.98 Å². The van der Waals surface area contributed by atoms with Gasteiger partial charge in [0.1, 0.15) is 11.5 Å².